The number of rotatable bonds is 4. The van der Waals surface area contributed by atoms with Gasteiger partial charge in [0.15, 0.2) is 0 Å². The van der Waals surface area contributed by atoms with E-state index in [-0.39, 0.29) is 0 Å². The SMILES string of the molecule is Cn1nc(Cn2ccnc2)c2c1CN(C[C@H]1CCOC1)C2. The number of ether oxygens (including phenoxy) is 1. The summed E-state index contributed by atoms with van der Waals surface area (Å²) in [7, 11) is 2.05. The maximum absolute atomic E-state index is 5.49. The lowest BCUT2D eigenvalue weighted by Gasteiger charge is -2.19. The molecule has 0 amide bonds. The molecule has 0 unspecified atom stereocenters. The third kappa shape index (κ3) is 2.49. The molecule has 0 aliphatic carbocycles. The number of hydrogen-bond acceptors (Lipinski definition) is 4. The Morgan fingerprint density at radius 3 is 3.10 bits per heavy atom. The molecule has 0 aromatic carbocycles. The van der Waals surface area contributed by atoms with Crippen LogP contribution in [-0.4, -0.2) is 44.0 Å². The van der Waals surface area contributed by atoms with Crippen LogP contribution in [0.4, 0.5) is 0 Å². The van der Waals surface area contributed by atoms with Gasteiger partial charge in [0.2, 0.25) is 0 Å². The van der Waals surface area contributed by atoms with Crippen molar-refractivity contribution in [2.45, 2.75) is 26.1 Å². The second-order valence-corrected chi connectivity index (χ2v) is 6.13. The Morgan fingerprint density at radius 2 is 2.33 bits per heavy atom. The average molecular weight is 287 g/mol. The maximum Gasteiger partial charge on any atom is 0.0949 e. The van der Waals surface area contributed by atoms with Gasteiger partial charge in [0.1, 0.15) is 0 Å². The van der Waals surface area contributed by atoms with E-state index in [9.17, 15) is 0 Å². The van der Waals surface area contributed by atoms with Crippen molar-refractivity contribution in [1.29, 1.82) is 0 Å². The van der Waals surface area contributed by atoms with Crippen molar-refractivity contribution in [1.82, 2.24) is 24.2 Å². The number of fused-ring (bicyclic) bond motifs is 1. The molecule has 0 radical (unpaired) electrons. The van der Waals surface area contributed by atoms with Crippen LogP contribution in [0.1, 0.15) is 23.4 Å². The average Bonchev–Trinajstić information content (AvgIpc) is 3.20. The van der Waals surface area contributed by atoms with Crippen LogP contribution >= 0.6 is 0 Å². The monoisotopic (exact) mass is 287 g/mol. The number of aryl methyl sites for hydroxylation is 1. The Hall–Kier alpha value is -1.66. The molecule has 2 aromatic heterocycles. The summed E-state index contributed by atoms with van der Waals surface area (Å²) in [5.74, 6) is 0.698. The van der Waals surface area contributed by atoms with Gasteiger partial charge in [-0.3, -0.25) is 9.58 Å². The lowest BCUT2D eigenvalue weighted by atomic mass is 10.1. The minimum atomic E-state index is 0.698. The molecule has 1 atom stereocenters. The van der Waals surface area contributed by atoms with Gasteiger partial charge in [-0.1, -0.05) is 0 Å². The quantitative estimate of drug-likeness (QED) is 0.842. The second kappa shape index (κ2) is 5.27. The standard InChI is InChI=1S/C15H21N5O/c1-18-15-9-20(6-12-2-5-21-10-12)7-13(15)14(17-18)8-19-4-3-16-11-19/h3-4,11-12H,2,5-10H2,1H3/t12-/m1/s1. The van der Waals surface area contributed by atoms with Crippen LogP contribution in [0.25, 0.3) is 0 Å². The second-order valence-electron chi connectivity index (χ2n) is 6.13. The Kier molecular flexibility index (Phi) is 3.27. The molecule has 2 aliphatic rings. The van der Waals surface area contributed by atoms with Gasteiger partial charge >= 0.3 is 0 Å². The van der Waals surface area contributed by atoms with Gasteiger partial charge in [-0.25, -0.2) is 4.98 Å². The molecule has 0 N–H and O–H groups in total. The van der Waals surface area contributed by atoms with E-state index in [2.05, 4.69) is 21.5 Å². The third-order valence-electron chi connectivity index (χ3n) is 4.55. The normalized spacial score (nSPS) is 22.0. The van der Waals surface area contributed by atoms with Crippen molar-refractivity contribution in [3.05, 3.63) is 35.7 Å². The first-order valence-electron chi connectivity index (χ1n) is 7.59. The minimum Gasteiger partial charge on any atom is -0.381 e. The highest BCUT2D eigenvalue weighted by molar-refractivity contribution is 5.30. The highest BCUT2D eigenvalue weighted by Gasteiger charge is 2.29. The molecule has 1 fully saturated rings. The van der Waals surface area contributed by atoms with Gasteiger partial charge in [0.05, 0.1) is 30.9 Å². The van der Waals surface area contributed by atoms with Crippen LogP contribution < -0.4 is 0 Å². The van der Waals surface area contributed by atoms with Gasteiger partial charge in [-0.15, -0.1) is 0 Å². The fourth-order valence-corrected chi connectivity index (χ4v) is 3.44. The van der Waals surface area contributed by atoms with Crippen LogP contribution in [0.15, 0.2) is 18.7 Å². The number of aromatic nitrogens is 4. The highest BCUT2D eigenvalue weighted by Crippen LogP contribution is 2.28. The van der Waals surface area contributed by atoms with Gasteiger partial charge < -0.3 is 9.30 Å². The van der Waals surface area contributed by atoms with Crippen LogP contribution in [0.5, 0.6) is 0 Å². The summed E-state index contributed by atoms with van der Waals surface area (Å²) in [6, 6.07) is 0. The number of nitrogens with zero attached hydrogens (tertiary/aromatic N) is 5. The zero-order valence-electron chi connectivity index (χ0n) is 12.4. The molecule has 4 heterocycles. The molecule has 0 bridgehead atoms. The largest absolute Gasteiger partial charge is 0.381 e. The van der Waals surface area contributed by atoms with E-state index in [0.717, 1.165) is 39.4 Å². The molecule has 0 spiro atoms. The van der Waals surface area contributed by atoms with Crippen LogP contribution in [0.2, 0.25) is 0 Å². The Balaban J connectivity index is 1.49. The van der Waals surface area contributed by atoms with Crippen molar-refractivity contribution < 1.29 is 4.74 Å². The van der Waals surface area contributed by atoms with Gasteiger partial charge in [-0.05, 0) is 12.3 Å². The molecular weight excluding hydrogens is 266 g/mol. The molecule has 21 heavy (non-hydrogen) atoms. The fourth-order valence-electron chi connectivity index (χ4n) is 3.44. The predicted molar refractivity (Wildman–Crippen MR) is 77.6 cm³/mol. The van der Waals surface area contributed by atoms with E-state index in [0.29, 0.717) is 5.92 Å². The molecule has 2 aromatic rings. The Morgan fingerprint density at radius 1 is 1.38 bits per heavy atom. The smallest absolute Gasteiger partial charge is 0.0949 e. The van der Waals surface area contributed by atoms with E-state index in [1.54, 1.807) is 0 Å². The van der Waals surface area contributed by atoms with Crippen molar-refractivity contribution in [2.75, 3.05) is 19.8 Å². The zero-order chi connectivity index (χ0) is 14.2. The molecule has 2 aliphatic heterocycles. The molecule has 6 nitrogen and oxygen atoms in total. The number of imidazole rings is 1. The number of hydrogen-bond donors (Lipinski definition) is 0. The summed E-state index contributed by atoms with van der Waals surface area (Å²) in [6.07, 6.45) is 6.86. The third-order valence-corrected chi connectivity index (χ3v) is 4.55. The Bertz CT molecular complexity index is 612. The topological polar surface area (TPSA) is 48.1 Å². The molecule has 0 saturated carbocycles. The van der Waals surface area contributed by atoms with Crippen LogP contribution in [0, 0.1) is 5.92 Å². The molecule has 6 heteroatoms. The van der Waals surface area contributed by atoms with E-state index in [4.69, 9.17) is 9.84 Å². The van der Waals surface area contributed by atoms with Crippen LogP contribution in [-0.2, 0) is 31.4 Å². The molecule has 1 saturated heterocycles. The van der Waals surface area contributed by atoms with E-state index >= 15 is 0 Å². The summed E-state index contributed by atoms with van der Waals surface area (Å²) in [5.41, 5.74) is 3.95. The molecular formula is C15H21N5O. The first kappa shape index (κ1) is 13.0. The summed E-state index contributed by atoms with van der Waals surface area (Å²) in [5, 5.41) is 4.69. The predicted octanol–water partition coefficient (Wildman–Crippen LogP) is 1.02. The summed E-state index contributed by atoms with van der Waals surface area (Å²) < 4.78 is 9.62. The fraction of sp³-hybridized carbons (Fsp3) is 0.600. The van der Waals surface area contributed by atoms with E-state index in [1.165, 1.54) is 23.4 Å². The van der Waals surface area contributed by atoms with Gasteiger partial charge in [0.25, 0.3) is 0 Å². The summed E-state index contributed by atoms with van der Waals surface area (Å²) in [6.45, 7) is 5.83. The first-order valence-corrected chi connectivity index (χ1v) is 7.59. The van der Waals surface area contributed by atoms with Crippen molar-refractivity contribution in [3.63, 3.8) is 0 Å². The zero-order valence-corrected chi connectivity index (χ0v) is 12.4. The van der Waals surface area contributed by atoms with E-state index < -0.39 is 0 Å². The van der Waals surface area contributed by atoms with Crippen molar-refractivity contribution in [2.24, 2.45) is 13.0 Å². The van der Waals surface area contributed by atoms with Crippen molar-refractivity contribution in [3.8, 4) is 0 Å². The molecule has 4 rings (SSSR count). The van der Waals surface area contributed by atoms with E-state index in [1.807, 2.05) is 23.4 Å². The van der Waals surface area contributed by atoms with Gasteiger partial charge in [-0.2, -0.15) is 5.10 Å². The lowest BCUT2D eigenvalue weighted by molar-refractivity contribution is 0.166. The minimum absolute atomic E-state index is 0.698. The summed E-state index contributed by atoms with van der Waals surface area (Å²) >= 11 is 0. The van der Waals surface area contributed by atoms with Crippen molar-refractivity contribution >= 4 is 0 Å². The Labute approximate surface area is 124 Å². The van der Waals surface area contributed by atoms with Gasteiger partial charge in [0, 0.05) is 51.2 Å². The molecule has 112 valence electrons. The lowest BCUT2D eigenvalue weighted by Crippen LogP contribution is -2.25. The highest BCUT2D eigenvalue weighted by atomic mass is 16.5. The summed E-state index contributed by atoms with van der Waals surface area (Å²) in [4.78, 5) is 6.64. The maximum atomic E-state index is 5.49. The first-order chi connectivity index (χ1) is 10.3. The van der Waals surface area contributed by atoms with Crippen LogP contribution in [0.3, 0.4) is 0 Å².